The molecule has 1 amide bonds. The summed E-state index contributed by atoms with van der Waals surface area (Å²) in [5.41, 5.74) is 1.21. The summed E-state index contributed by atoms with van der Waals surface area (Å²) in [5.74, 6) is -2.61. The largest absolute Gasteiger partial charge is 0.324 e. The molecule has 1 N–H and O–H groups in total. The maximum Gasteiger partial charge on any atom is 0.261 e. The van der Waals surface area contributed by atoms with E-state index in [1.807, 2.05) is 13.0 Å². The minimum absolute atomic E-state index is 0.108. The zero-order valence-electron chi connectivity index (χ0n) is 12.7. The number of fused-ring (bicyclic) bond motifs is 1. The van der Waals surface area contributed by atoms with E-state index >= 15 is 0 Å². The van der Waals surface area contributed by atoms with E-state index in [2.05, 4.69) is 10.3 Å². The molecule has 0 unspecified atom stereocenters. The first kappa shape index (κ1) is 15.8. The van der Waals surface area contributed by atoms with E-state index < -0.39 is 17.5 Å². The maximum atomic E-state index is 13.1. The number of hydrogen-bond acceptors (Lipinski definition) is 3. The Morgan fingerprint density at radius 2 is 2.00 bits per heavy atom. The van der Waals surface area contributed by atoms with Gasteiger partial charge in [0.25, 0.3) is 5.56 Å². The average molecular weight is 329 g/mol. The molecular formula is C17H13F2N3O2. The molecule has 0 saturated heterocycles. The van der Waals surface area contributed by atoms with Crippen LogP contribution in [0.3, 0.4) is 0 Å². The number of para-hydroxylation sites is 1. The molecule has 0 bridgehead atoms. The highest BCUT2D eigenvalue weighted by molar-refractivity contribution is 5.90. The van der Waals surface area contributed by atoms with Gasteiger partial charge in [-0.25, -0.2) is 13.8 Å². The summed E-state index contributed by atoms with van der Waals surface area (Å²) in [4.78, 5) is 28.6. The van der Waals surface area contributed by atoms with Gasteiger partial charge in [0, 0.05) is 11.8 Å². The second-order valence-corrected chi connectivity index (χ2v) is 5.33. The SMILES string of the molecule is Cc1cccc2c(=O)n(CC(=O)Nc3ccc(F)c(F)c3)cnc12. The van der Waals surface area contributed by atoms with Crippen LogP contribution in [0, 0.1) is 18.6 Å². The van der Waals surface area contributed by atoms with Crippen LogP contribution in [0.25, 0.3) is 10.9 Å². The van der Waals surface area contributed by atoms with Crippen molar-refractivity contribution in [2.45, 2.75) is 13.5 Å². The lowest BCUT2D eigenvalue weighted by Gasteiger charge is -2.09. The Morgan fingerprint density at radius 1 is 1.21 bits per heavy atom. The fraction of sp³-hybridized carbons (Fsp3) is 0.118. The monoisotopic (exact) mass is 329 g/mol. The standard InChI is InChI=1S/C17H13F2N3O2/c1-10-3-2-4-12-16(10)20-9-22(17(12)24)8-15(23)21-11-5-6-13(18)14(19)7-11/h2-7,9H,8H2,1H3,(H,21,23). The quantitative estimate of drug-likeness (QED) is 0.803. The Labute approximate surface area is 135 Å². The lowest BCUT2D eigenvalue weighted by molar-refractivity contribution is -0.116. The van der Waals surface area contributed by atoms with Crippen molar-refractivity contribution in [3.8, 4) is 0 Å². The Bertz CT molecular complexity index is 999. The van der Waals surface area contributed by atoms with Gasteiger partial charge in [-0.3, -0.25) is 14.2 Å². The molecular weight excluding hydrogens is 316 g/mol. The second kappa shape index (κ2) is 6.19. The topological polar surface area (TPSA) is 64.0 Å². The molecule has 3 rings (SSSR count). The Morgan fingerprint density at radius 3 is 2.75 bits per heavy atom. The number of hydrogen-bond donors (Lipinski definition) is 1. The molecule has 2 aromatic carbocycles. The summed E-state index contributed by atoms with van der Waals surface area (Å²) in [7, 11) is 0. The van der Waals surface area contributed by atoms with Gasteiger partial charge in [0.15, 0.2) is 11.6 Å². The number of nitrogens with one attached hydrogen (secondary N) is 1. The van der Waals surface area contributed by atoms with Crippen molar-refractivity contribution < 1.29 is 13.6 Å². The molecule has 24 heavy (non-hydrogen) atoms. The Kier molecular flexibility index (Phi) is 4.07. The normalized spacial score (nSPS) is 10.8. The molecule has 1 heterocycles. The number of anilines is 1. The maximum absolute atomic E-state index is 13.1. The van der Waals surface area contributed by atoms with Crippen LogP contribution in [0.4, 0.5) is 14.5 Å². The van der Waals surface area contributed by atoms with Crippen LogP contribution >= 0.6 is 0 Å². The number of nitrogens with zero attached hydrogens (tertiary/aromatic N) is 2. The van der Waals surface area contributed by atoms with Crippen LogP contribution in [-0.2, 0) is 11.3 Å². The third-order valence-corrected chi connectivity index (χ3v) is 3.57. The summed E-state index contributed by atoms with van der Waals surface area (Å²) in [6.07, 6.45) is 1.29. The summed E-state index contributed by atoms with van der Waals surface area (Å²) >= 11 is 0. The zero-order chi connectivity index (χ0) is 17.3. The number of carbonyl (C=O) groups excluding carboxylic acids is 1. The number of rotatable bonds is 3. The van der Waals surface area contributed by atoms with Gasteiger partial charge in [-0.2, -0.15) is 0 Å². The van der Waals surface area contributed by atoms with Crippen molar-refractivity contribution in [2.24, 2.45) is 0 Å². The van der Waals surface area contributed by atoms with Crippen molar-refractivity contribution in [1.82, 2.24) is 9.55 Å². The highest BCUT2D eigenvalue weighted by Crippen LogP contribution is 2.13. The van der Waals surface area contributed by atoms with Gasteiger partial charge in [-0.1, -0.05) is 12.1 Å². The van der Waals surface area contributed by atoms with Gasteiger partial charge in [0.2, 0.25) is 5.91 Å². The first-order valence-electron chi connectivity index (χ1n) is 7.15. The fourth-order valence-electron chi connectivity index (χ4n) is 2.38. The lowest BCUT2D eigenvalue weighted by Crippen LogP contribution is -2.28. The van der Waals surface area contributed by atoms with Crippen LogP contribution in [0.1, 0.15) is 5.56 Å². The summed E-state index contributed by atoms with van der Waals surface area (Å²) in [6.45, 7) is 1.56. The Hall–Kier alpha value is -3.09. The van der Waals surface area contributed by atoms with Gasteiger partial charge in [0.1, 0.15) is 6.54 Å². The smallest absolute Gasteiger partial charge is 0.261 e. The summed E-state index contributed by atoms with van der Waals surface area (Å²) in [6, 6.07) is 8.25. The van der Waals surface area contributed by atoms with E-state index in [0.29, 0.717) is 10.9 Å². The van der Waals surface area contributed by atoms with Crippen molar-refractivity contribution in [1.29, 1.82) is 0 Å². The van der Waals surface area contributed by atoms with Crippen molar-refractivity contribution >= 4 is 22.5 Å². The van der Waals surface area contributed by atoms with Crippen LogP contribution < -0.4 is 10.9 Å². The molecule has 0 saturated carbocycles. The molecule has 7 heteroatoms. The molecule has 0 atom stereocenters. The van der Waals surface area contributed by atoms with Crippen LogP contribution in [-0.4, -0.2) is 15.5 Å². The third kappa shape index (κ3) is 3.01. The van der Waals surface area contributed by atoms with Crippen molar-refractivity contribution in [3.63, 3.8) is 0 Å². The number of aryl methyl sites for hydroxylation is 1. The second-order valence-electron chi connectivity index (χ2n) is 5.33. The number of carbonyl (C=O) groups is 1. The molecule has 0 radical (unpaired) electrons. The first-order valence-corrected chi connectivity index (χ1v) is 7.15. The molecule has 3 aromatic rings. The van der Waals surface area contributed by atoms with Crippen molar-refractivity contribution in [2.75, 3.05) is 5.32 Å². The van der Waals surface area contributed by atoms with Gasteiger partial charge in [-0.05, 0) is 30.7 Å². The van der Waals surface area contributed by atoms with Gasteiger partial charge < -0.3 is 5.32 Å². The van der Waals surface area contributed by atoms with E-state index in [9.17, 15) is 18.4 Å². The van der Waals surface area contributed by atoms with Gasteiger partial charge in [0.05, 0.1) is 17.2 Å². The molecule has 5 nitrogen and oxygen atoms in total. The molecule has 0 fully saturated rings. The van der Waals surface area contributed by atoms with E-state index in [0.717, 1.165) is 22.3 Å². The summed E-state index contributed by atoms with van der Waals surface area (Å²) < 4.78 is 27.2. The minimum Gasteiger partial charge on any atom is -0.324 e. The number of amides is 1. The predicted octanol–water partition coefficient (Wildman–Crippen LogP) is 2.62. The highest BCUT2D eigenvalue weighted by Gasteiger charge is 2.10. The van der Waals surface area contributed by atoms with Crippen molar-refractivity contribution in [3.05, 3.63) is 70.3 Å². The van der Waals surface area contributed by atoms with E-state index in [4.69, 9.17) is 0 Å². The number of halogens is 2. The van der Waals surface area contributed by atoms with Gasteiger partial charge >= 0.3 is 0 Å². The molecule has 1 aromatic heterocycles. The van der Waals surface area contributed by atoms with E-state index in [1.54, 1.807) is 12.1 Å². The minimum atomic E-state index is -1.06. The third-order valence-electron chi connectivity index (χ3n) is 3.57. The van der Waals surface area contributed by atoms with Crippen LogP contribution in [0.15, 0.2) is 47.5 Å². The van der Waals surface area contributed by atoms with Gasteiger partial charge in [-0.15, -0.1) is 0 Å². The molecule has 0 aliphatic heterocycles. The molecule has 122 valence electrons. The van der Waals surface area contributed by atoms with Crippen LogP contribution in [0.2, 0.25) is 0 Å². The lowest BCUT2D eigenvalue weighted by atomic mass is 10.1. The summed E-state index contributed by atoms with van der Waals surface area (Å²) in [5, 5.41) is 2.83. The van der Waals surface area contributed by atoms with Crippen LogP contribution in [0.5, 0.6) is 0 Å². The number of aromatic nitrogens is 2. The first-order chi connectivity index (χ1) is 11.5. The predicted molar refractivity (Wildman–Crippen MR) is 85.7 cm³/mol. The molecule has 0 aliphatic rings. The Balaban J connectivity index is 1.84. The number of benzene rings is 2. The zero-order valence-corrected chi connectivity index (χ0v) is 12.7. The van der Waals surface area contributed by atoms with E-state index in [1.165, 1.54) is 12.4 Å². The average Bonchev–Trinajstić information content (AvgIpc) is 2.54. The molecule has 0 spiro atoms. The highest BCUT2D eigenvalue weighted by atomic mass is 19.2. The molecule has 0 aliphatic carbocycles. The fourth-order valence-corrected chi connectivity index (χ4v) is 2.38. The van der Waals surface area contributed by atoms with E-state index in [-0.39, 0.29) is 17.8 Å².